The smallest absolute Gasteiger partial charge is 0.169 e. The Morgan fingerprint density at radius 2 is 1.30 bits per heavy atom. The van der Waals surface area contributed by atoms with Crippen LogP contribution in [0.3, 0.4) is 0 Å². The largest absolute Gasteiger partial charge is 0.324 e. The number of allylic oxidation sites excluding steroid dienone is 6. The summed E-state index contributed by atoms with van der Waals surface area (Å²) in [5.41, 5.74) is 20.5. The van der Waals surface area contributed by atoms with Crippen molar-refractivity contribution in [1.82, 2.24) is 5.32 Å². The highest BCUT2D eigenvalue weighted by molar-refractivity contribution is 6.16. The van der Waals surface area contributed by atoms with Gasteiger partial charge in [0.05, 0.1) is 0 Å². The topological polar surface area (TPSA) is 36.8 Å². The third-order valence-corrected chi connectivity index (χ3v) is 13.8. The zero-order valence-electron chi connectivity index (χ0n) is 33.1. The molecule has 1 aliphatic heterocycles. The quantitative estimate of drug-likeness (QED) is 0.191. The maximum atomic E-state index is 5.17. The summed E-state index contributed by atoms with van der Waals surface area (Å²) < 4.78 is 0. The summed E-state index contributed by atoms with van der Waals surface area (Å²) in [6.45, 7) is 4.89. The van der Waals surface area contributed by atoms with E-state index in [9.17, 15) is 0 Å². The normalized spacial score (nSPS) is 20.9. The molecule has 1 heterocycles. The van der Waals surface area contributed by atoms with Gasteiger partial charge in [-0.05, 0) is 129 Å². The fraction of sp³-hybridized carbons (Fsp3) is 0.259. The van der Waals surface area contributed by atoms with Crippen LogP contribution >= 0.6 is 0 Å². The lowest BCUT2D eigenvalue weighted by atomic mass is 9.67. The molecule has 1 fully saturated rings. The standard InChI is InChI=1S/C54H49N3/c1-53(2)45-24-11-10-22-42(45)43-33-48-44(34-47(43)53)49-41(23-15-25-46(49)54(48)30-12-5-13-31-54)36-28-26-35(27-29-36)39-20-14-21-40(32-39)52-56-50(37-16-6-3-7-17-37)55-51(57-52)38-18-8-4-9-19-38/h3,6-8,14-29,32-34,52H,4-5,9-13,30-31H2,1-2H3,(H,55,56,57). The number of nitrogens with zero attached hydrogens (tertiary/aromatic N) is 2. The van der Waals surface area contributed by atoms with E-state index in [-0.39, 0.29) is 17.0 Å². The van der Waals surface area contributed by atoms with E-state index in [1.54, 1.807) is 11.1 Å². The van der Waals surface area contributed by atoms with E-state index in [2.05, 4.69) is 153 Å². The van der Waals surface area contributed by atoms with Gasteiger partial charge in [-0.1, -0.05) is 154 Å². The second kappa shape index (κ2) is 13.4. The van der Waals surface area contributed by atoms with Crippen LogP contribution in [0.5, 0.6) is 0 Å². The SMILES string of the molecule is CC1(C)C2=CCCC=C2c2cc3c(cc21)-c1c(-c2ccc(-c4cccc(C5N=C(C6=CCCC=C6)NC(c6ccccc6)=N5)c4)cc2)cccc1C31CCCCC1. The molecule has 1 spiro atoms. The summed E-state index contributed by atoms with van der Waals surface area (Å²) in [5.74, 6) is 1.74. The van der Waals surface area contributed by atoms with E-state index < -0.39 is 0 Å². The summed E-state index contributed by atoms with van der Waals surface area (Å²) in [6, 6.07) is 41.0. The lowest BCUT2D eigenvalue weighted by Crippen LogP contribution is -2.36. The second-order valence-corrected chi connectivity index (χ2v) is 17.4. The highest BCUT2D eigenvalue weighted by Gasteiger charge is 2.48. The summed E-state index contributed by atoms with van der Waals surface area (Å²) >= 11 is 0. The molecule has 57 heavy (non-hydrogen) atoms. The van der Waals surface area contributed by atoms with E-state index in [4.69, 9.17) is 9.98 Å². The van der Waals surface area contributed by atoms with Gasteiger partial charge in [-0.2, -0.15) is 0 Å². The molecular formula is C54H49N3. The Labute approximate surface area is 337 Å². The van der Waals surface area contributed by atoms with E-state index in [0.29, 0.717) is 0 Å². The van der Waals surface area contributed by atoms with Gasteiger partial charge in [-0.25, -0.2) is 9.98 Å². The van der Waals surface area contributed by atoms with Crippen LogP contribution in [-0.2, 0) is 10.8 Å². The average Bonchev–Trinajstić information content (AvgIpc) is 3.67. The number of fused-ring (bicyclic) bond motifs is 8. The Morgan fingerprint density at radius 3 is 2.12 bits per heavy atom. The number of hydrogen-bond acceptors (Lipinski definition) is 3. The monoisotopic (exact) mass is 739 g/mol. The van der Waals surface area contributed by atoms with Crippen LogP contribution in [0.4, 0.5) is 0 Å². The van der Waals surface area contributed by atoms with Gasteiger partial charge in [0.1, 0.15) is 11.7 Å². The fourth-order valence-corrected chi connectivity index (χ4v) is 10.9. The van der Waals surface area contributed by atoms with Crippen molar-refractivity contribution in [3.63, 3.8) is 0 Å². The van der Waals surface area contributed by atoms with Crippen LogP contribution in [0.2, 0.25) is 0 Å². The predicted molar refractivity (Wildman–Crippen MR) is 238 cm³/mol. The number of aliphatic imine (C=N–C) groups is 2. The predicted octanol–water partition coefficient (Wildman–Crippen LogP) is 13.4. The fourth-order valence-electron chi connectivity index (χ4n) is 10.9. The van der Waals surface area contributed by atoms with Crippen molar-refractivity contribution in [2.45, 2.75) is 88.6 Å². The summed E-state index contributed by atoms with van der Waals surface area (Å²) in [4.78, 5) is 10.3. The molecule has 0 aromatic heterocycles. The number of rotatable bonds is 5. The van der Waals surface area contributed by atoms with Gasteiger partial charge in [-0.3, -0.25) is 0 Å². The molecule has 1 unspecified atom stereocenters. The molecule has 0 radical (unpaired) electrons. The summed E-state index contributed by atoms with van der Waals surface area (Å²) in [5, 5.41) is 3.55. The minimum atomic E-state index is -0.339. The van der Waals surface area contributed by atoms with E-state index in [0.717, 1.165) is 54.1 Å². The minimum Gasteiger partial charge on any atom is -0.324 e. The maximum absolute atomic E-state index is 5.17. The van der Waals surface area contributed by atoms with Gasteiger partial charge >= 0.3 is 0 Å². The number of nitrogens with one attached hydrogen (secondary N) is 1. The van der Waals surface area contributed by atoms with Crippen molar-refractivity contribution in [3.8, 4) is 33.4 Å². The van der Waals surface area contributed by atoms with Crippen LogP contribution in [0, 0.1) is 0 Å². The first-order valence-corrected chi connectivity index (χ1v) is 21.3. The van der Waals surface area contributed by atoms with Crippen LogP contribution in [0.15, 0.2) is 161 Å². The maximum Gasteiger partial charge on any atom is 0.169 e. The van der Waals surface area contributed by atoms with E-state index >= 15 is 0 Å². The molecule has 3 nitrogen and oxygen atoms in total. The van der Waals surface area contributed by atoms with Crippen molar-refractivity contribution in [3.05, 3.63) is 184 Å². The summed E-state index contributed by atoms with van der Waals surface area (Å²) in [6.07, 6.45) is 22.2. The number of hydrogen-bond donors (Lipinski definition) is 1. The third-order valence-electron chi connectivity index (χ3n) is 13.8. The Balaban J connectivity index is 0.972. The van der Waals surface area contributed by atoms with Gasteiger partial charge in [-0.15, -0.1) is 0 Å². The second-order valence-electron chi connectivity index (χ2n) is 17.4. The Hall–Kier alpha value is -5.80. The number of amidine groups is 2. The molecule has 5 aromatic rings. The van der Waals surface area contributed by atoms with Gasteiger partial charge in [0.15, 0.2) is 6.17 Å². The molecule has 0 amide bonds. The first-order valence-electron chi connectivity index (χ1n) is 21.3. The highest BCUT2D eigenvalue weighted by atomic mass is 15.2. The zero-order chi connectivity index (χ0) is 38.1. The van der Waals surface area contributed by atoms with Crippen molar-refractivity contribution in [1.29, 1.82) is 0 Å². The van der Waals surface area contributed by atoms with Crippen LogP contribution in [0.1, 0.15) is 111 Å². The Morgan fingerprint density at radius 1 is 0.561 bits per heavy atom. The molecule has 1 atom stereocenters. The molecule has 3 heteroatoms. The van der Waals surface area contributed by atoms with Crippen LogP contribution in [-0.4, -0.2) is 11.7 Å². The molecule has 11 rings (SSSR count). The lowest BCUT2D eigenvalue weighted by Gasteiger charge is -2.36. The third kappa shape index (κ3) is 5.53. The summed E-state index contributed by atoms with van der Waals surface area (Å²) in [7, 11) is 0. The van der Waals surface area contributed by atoms with Gasteiger partial charge < -0.3 is 5.32 Å². The molecule has 0 saturated heterocycles. The molecule has 1 saturated carbocycles. The van der Waals surface area contributed by atoms with Crippen molar-refractivity contribution in [2.24, 2.45) is 9.98 Å². The van der Waals surface area contributed by atoms with Crippen LogP contribution < -0.4 is 5.32 Å². The average molecular weight is 740 g/mol. The number of benzene rings is 5. The van der Waals surface area contributed by atoms with E-state index in [1.165, 1.54) is 87.8 Å². The molecule has 5 aromatic carbocycles. The van der Waals surface area contributed by atoms with Crippen molar-refractivity contribution >= 4 is 17.2 Å². The highest BCUT2D eigenvalue weighted by Crippen LogP contribution is 2.61. The lowest BCUT2D eigenvalue weighted by molar-refractivity contribution is 0.353. The van der Waals surface area contributed by atoms with Crippen molar-refractivity contribution < 1.29 is 0 Å². The first kappa shape index (κ1) is 34.4. The van der Waals surface area contributed by atoms with Gasteiger partial charge in [0, 0.05) is 22.0 Å². The first-order chi connectivity index (χ1) is 28.0. The molecule has 1 N–H and O–H groups in total. The zero-order valence-corrected chi connectivity index (χ0v) is 33.1. The molecular weight excluding hydrogens is 691 g/mol. The molecule has 280 valence electrons. The van der Waals surface area contributed by atoms with Crippen molar-refractivity contribution in [2.75, 3.05) is 0 Å². The molecule has 0 bridgehead atoms. The van der Waals surface area contributed by atoms with Gasteiger partial charge in [0.2, 0.25) is 0 Å². The molecule has 6 aliphatic rings. The Bertz CT molecular complexity index is 2640. The van der Waals surface area contributed by atoms with E-state index in [1.807, 2.05) is 6.07 Å². The minimum absolute atomic E-state index is 0.0177. The Kier molecular flexibility index (Phi) is 8.10. The molecule has 5 aliphatic carbocycles. The van der Waals surface area contributed by atoms with Crippen LogP contribution in [0.25, 0.3) is 39.0 Å². The van der Waals surface area contributed by atoms with Gasteiger partial charge in [0.25, 0.3) is 0 Å².